The summed E-state index contributed by atoms with van der Waals surface area (Å²) in [6.45, 7) is 4.15. The van der Waals surface area contributed by atoms with Gasteiger partial charge in [-0.2, -0.15) is 0 Å². The third-order valence-corrected chi connectivity index (χ3v) is 5.36. The minimum atomic E-state index is -1.17. The molecule has 1 aromatic carbocycles. The number of benzene rings is 1. The Hall–Kier alpha value is -2.08. The molecule has 1 aliphatic rings. The molecule has 23 heavy (non-hydrogen) atoms. The fraction of sp³-hybridized carbons (Fsp3) is 0.412. The minimum absolute atomic E-state index is 0.0694. The summed E-state index contributed by atoms with van der Waals surface area (Å²) in [5.41, 5.74) is 1.76. The monoisotopic (exact) mass is 331 g/mol. The Labute approximate surface area is 136 Å². The Morgan fingerprint density at radius 3 is 2.48 bits per heavy atom. The van der Waals surface area contributed by atoms with E-state index in [1.807, 2.05) is 6.92 Å². The lowest BCUT2D eigenvalue weighted by atomic mass is 9.81. The van der Waals surface area contributed by atoms with Gasteiger partial charge in [-0.1, -0.05) is 11.3 Å². The molecule has 0 saturated heterocycles. The molecule has 1 heterocycles. The molecular weight excluding hydrogens is 314 g/mol. The molecule has 0 atom stereocenters. The average Bonchev–Trinajstić information content (AvgIpc) is 2.83. The lowest BCUT2D eigenvalue weighted by Gasteiger charge is -2.19. The van der Waals surface area contributed by atoms with E-state index in [9.17, 15) is 19.2 Å². The maximum atomic E-state index is 12.8. The first-order valence-corrected chi connectivity index (χ1v) is 8.50. The number of ketones is 3. The van der Waals surface area contributed by atoms with Gasteiger partial charge in [0.2, 0.25) is 0 Å². The summed E-state index contributed by atoms with van der Waals surface area (Å²) in [7, 11) is 0. The molecule has 1 saturated carbocycles. The molecule has 2 aromatic rings. The molecule has 120 valence electrons. The van der Waals surface area contributed by atoms with Gasteiger partial charge in [0.25, 0.3) is 0 Å². The molecule has 1 aromatic heterocycles. The highest BCUT2D eigenvalue weighted by molar-refractivity contribution is 7.16. The van der Waals surface area contributed by atoms with Crippen LogP contribution >= 0.6 is 11.3 Å². The third kappa shape index (κ3) is 2.47. The van der Waals surface area contributed by atoms with Crippen molar-refractivity contribution in [2.75, 3.05) is 0 Å². The zero-order valence-electron chi connectivity index (χ0n) is 13.0. The van der Waals surface area contributed by atoms with Crippen molar-refractivity contribution in [2.45, 2.75) is 39.7 Å². The summed E-state index contributed by atoms with van der Waals surface area (Å²) in [4.78, 5) is 48.7. The van der Waals surface area contributed by atoms with Gasteiger partial charge in [0, 0.05) is 24.9 Å². The van der Waals surface area contributed by atoms with E-state index in [4.69, 9.17) is 0 Å². The van der Waals surface area contributed by atoms with Crippen LogP contribution in [0.4, 0.5) is 0 Å². The lowest BCUT2D eigenvalue weighted by Crippen LogP contribution is -2.35. The van der Waals surface area contributed by atoms with Crippen molar-refractivity contribution in [3.8, 4) is 0 Å². The van der Waals surface area contributed by atoms with Crippen LogP contribution in [0.15, 0.2) is 16.9 Å². The number of aromatic nitrogens is 1. The first-order valence-electron chi connectivity index (χ1n) is 7.68. The topological polar surface area (TPSA) is 73.2 Å². The number of Topliss-reactive ketones (excluding diaryl/α,β-unsaturated/α-hetero) is 3. The molecule has 0 bridgehead atoms. The highest BCUT2D eigenvalue weighted by atomic mass is 32.1. The fourth-order valence-electron chi connectivity index (χ4n) is 3.24. The molecule has 5 nitrogen and oxygen atoms in total. The summed E-state index contributed by atoms with van der Waals surface area (Å²) in [6.07, 6.45) is 1.09. The van der Waals surface area contributed by atoms with Gasteiger partial charge in [-0.05, 0) is 38.0 Å². The fourth-order valence-corrected chi connectivity index (χ4v) is 4.26. The summed E-state index contributed by atoms with van der Waals surface area (Å²) >= 11 is 1.14. The van der Waals surface area contributed by atoms with Gasteiger partial charge < -0.3 is 0 Å². The van der Waals surface area contributed by atoms with Crippen LogP contribution in [-0.2, 0) is 16.1 Å². The summed E-state index contributed by atoms with van der Waals surface area (Å²) in [5, 5.41) is 0. The molecule has 0 unspecified atom stereocenters. The predicted molar refractivity (Wildman–Crippen MR) is 88.2 cm³/mol. The van der Waals surface area contributed by atoms with Crippen LogP contribution in [0, 0.1) is 12.8 Å². The Kier molecular flexibility index (Phi) is 4.02. The second kappa shape index (κ2) is 5.85. The van der Waals surface area contributed by atoms with E-state index in [1.165, 1.54) is 0 Å². The molecule has 3 rings (SSSR count). The number of nitrogens with zero attached hydrogens (tertiary/aromatic N) is 1. The smallest absolute Gasteiger partial charge is 0.299 e. The molecule has 1 aliphatic carbocycles. The van der Waals surface area contributed by atoms with E-state index in [-0.39, 0.29) is 29.3 Å². The highest BCUT2D eigenvalue weighted by Crippen LogP contribution is 2.28. The van der Waals surface area contributed by atoms with Gasteiger partial charge in [0.15, 0.2) is 17.3 Å². The third-order valence-electron chi connectivity index (χ3n) is 4.42. The van der Waals surface area contributed by atoms with E-state index in [0.717, 1.165) is 21.6 Å². The van der Waals surface area contributed by atoms with E-state index < -0.39 is 11.7 Å². The van der Waals surface area contributed by atoms with Gasteiger partial charge in [0.1, 0.15) is 5.92 Å². The van der Waals surface area contributed by atoms with Crippen molar-refractivity contribution in [3.63, 3.8) is 0 Å². The van der Waals surface area contributed by atoms with Crippen molar-refractivity contribution < 1.29 is 14.4 Å². The summed E-state index contributed by atoms with van der Waals surface area (Å²) < 4.78 is 2.43. The number of hydrogen-bond acceptors (Lipinski definition) is 5. The van der Waals surface area contributed by atoms with Crippen LogP contribution < -0.4 is 4.87 Å². The molecule has 6 heteroatoms. The Morgan fingerprint density at radius 1 is 1.22 bits per heavy atom. The largest absolute Gasteiger partial charge is 0.308 e. The normalized spacial score (nSPS) is 16.3. The molecule has 0 aliphatic heterocycles. The van der Waals surface area contributed by atoms with E-state index in [0.29, 0.717) is 24.1 Å². The van der Waals surface area contributed by atoms with Gasteiger partial charge in [-0.15, -0.1) is 0 Å². The van der Waals surface area contributed by atoms with Crippen molar-refractivity contribution >= 4 is 38.9 Å². The lowest BCUT2D eigenvalue weighted by molar-refractivity contribution is -0.133. The van der Waals surface area contributed by atoms with Crippen LogP contribution in [0.1, 0.15) is 42.1 Å². The van der Waals surface area contributed by atoms with Crippen LogP contribution in [0.25, 0.3) is 10.2 Å². The highest BCUT2D eigenvalue weighted by Gasteiger charge is 2.37. The van der Waals surface area contributed by atoms with Crippen molar-refractivity contribution in [2.24, 2.45) is 5.92 Å². The Morgan fingerprint density at radius 2 is 1.87 bits per heavy atom. The number of fused-ring (bicyclic) bond motifs is 1. The SMILES string of the molecule is CCn1c(=O)sc2ccc(C(=O)C3C(=O)CCCC3=O)c(C)c21. The first-order chi connectivity index (χ1) is 11.0. The number of carbonyl (C=O) groups is 3. The van der Waals surface area contributed by atoms with Crippen molar-refractivity contribution in [1.29, 1.82) is 0 Å². The van der Waals surface area contributed by atoms with Gasteiger partial charge >= 0.3 is 4.87 Å². The number of thiazole rings is 1. The molecule has 0 N–H and O–H groups in total. The number of rotatable bonds is 3. The predicted octanol–water partition coefficient (Wildman–Crippen LogP) is 2.51. The second-order valence-electron chi connectivity index (χ2n) is 5.78. The van der Waals surface area contributed by atoms with Crippen molar-refractivity contribution in [1.82, 2.24) is 4.57 Å². The summed E-state index contributed by atoms with van der Waals surface area (Å²) in [6, 6.07) is 3.36. The maximum absolute atomic E-state index is 12.8. The standard InChI is InChI=1S/C17H17NO4S/c1-3-18-15-9(2)10(7-8-13(15)23-17(18)22)16(21)14-11(19)5-4-6-12(14)20/h7-8,14H,3-6H2,1-2H3. The number of carbonyl (C=O) groups excluding carboxylic acids is 3. The van der Waals surface area contributed by atoms with Crippen molar-refractivity contribution in [3.05, 3.63) is 32.9 Å². The Bertz CT molecular complexity index is 874. The van der Waals surface area contributed by atoms with Gasteiger partial charge in [-0.25, -0.2) is 0 Å². The summed E-state index contributed by atoms with van der Waals surface area (Å²) in [5.74, 6) is -2.17. The number of aryl methyl sites for hydroxylation is 2. The molecule has 1 fully saturated rings. The maximum Gasteiger partial charge on any atom is 0.308 e. The second-order valence-corrected chi connectivity index (χ2v) is 6.77. The van der Waals surface area contributed by atoms with Crippen LogP contribution in [-0.4, -0.2) is 21.9 Å². The van der Waals surface area contributed by atoms with E-state index >= 15 is 0 Å². The Balaban J connectivity index is 2.14. The van der Waals surface area contributed by atoms with Crippen LogP contribution in [0.3, 0.4) is 0 Å². The quantitative estimate of drug-likeness (QED) is 0.640. The minimum Gasteiger partial charge on any atom is -0.299 e. The van der Waals surface area contributed by atoms with Crippen LogP contribution in [0.5, 0.6) is 0 Å². The van der Waals surface area contributed by atoms with E-state index in [1.54, 1.807) is 23.6 Å². The molecule has 0 radical (unpaired) electrons. The van der Waals surface area contributed by atoms with E-state index in [2.05, 4.69) is 0 Å². The first kappa shape index (κ1) is 15.8. The van der Waals surface area contributed by atoms with Crippen LogP contribution in [0.2, 0.25) is 0 Å². The average molecular weight is 331 g/mol. The number of hydrogen-bond donors (Lipinski definition) is 0. The van der Waals surface area contributed by atoms with Gasteiger partial charge in [0.05, 0.1) is 10.2 Å². The zero-order chi connectivity index (χ0) is 16.7. The van der Waals surface area contributed by atoms with Gasteiger partial charge in [-0.3, -0.25) is 23.7 Å². The molecule has 0 spiro atoms. The molecule has 0 amide bonds. The molecular formula is C17H17NO4S. The zero-order valence-corrected chi connectivity index (χ0v) is 13.9.